The third-order valence-corrected chi connectivity index (χ3v) is 2.37. The van der Waals surface area contributed by atoms with Crippen molar-refractivity contribution in [2.24, 2.45) is 11.7 Å². The molecule has 1 rings (SSSR count). The zero-order chi connectivity index (χ0) is 10.4. The average molecular weight is 200 g/mol. The van der Waals surface area contributed by atoms with Crippen LogP contribution in [0.5, 0.6) is 0 Å². The van der Waals surface area contributed by atoms with Crippen molar-refractivity contribution in [1.82, 2.24) is 5.32 Å². The number of amides is 1. The number of carbonyl (C=O) groups excluding carboxylic acids is 1. The van der Waals surface area contributed by atoms with Crippen molar-refractivity contribution in [3.05, 3.63) is 0 Å². The van der Waals surface area contributed by atoms with E-state index >= 15 is 0 Å². The summed E-state index contributed by atoms with van der Waals surface area (Å²) in [5.74, 6) is 0.700. The monoisotopic (exact) mass is 200 g/mol. The van der Waals surface area contributed by atoms with E-state index in [0.29, 0.717) is 19.6 Å². The van der Waals surface area contributed by atoms with Crippen LogP contribution in [0, 0.1) is 5.92 Å². The van der Waals surface area contributed by atoms with Gasteiger partial charge >= 0.3 is 0 Å². The van der Waals surface area contributed by atoms with Crippen LogP contribution in [0.2, 0.25) is 0 Å². The minimum absolute atomic E-state index is 0.0810. The van der Waals surface area contributed by atoms with Crippen molar-refractivity contribution in [1.29, 1.82) is 0 Å². The average Bonchev–Trinajstić information content (AvgIpc) is 2.99. The fourth-order valence-corrected chi connectivity index (χ4v) is 1.10. The van der Waals surface area contributed by atoms with Crippen LogP contribution in [0.4, 0.5) is 0 Å². The Labute approximate surface area is 85.2 Å². The lowest BCUT2D eigenvalue weighted by molar-refractivity contribution is -0.122. The van der Waals surface area contributed by atoms with Crippen LogP contribution in [0.1, 0.15) is 26.2 Å². The van der Waals surface area contributed by atoms with E-state index in [-0.39, 0.29) is 11.9 Å². The van der Waals surface area contributed by atoms with Crippen LogP contribution in [-0.4, -0.2) is 31.7 Å². The maximum Gasteiger partial charge on any atom is 0.236 e. The van der Waals surface area contributed by atoms with E-state index in [9.17, 15) is 4.79 Å². The molecule has 0 heterocycles. The predicted octanol–water partition coefficient (Wildman–Crippen LogP) is 0.267. The maximum absolute atomic E-state index is 11.2. The number of carbonyl (C=O) groups is 1. The number of nitrogens with two attached hydrogens (primary N) is 1. The third-order valence-electron chi connectivity index (χ3n) is 2.37. The molecular weight excluding hydrogens is 180 g/mol. The van der Waals surface area contributed by atoms with E-state index in [1.54, 1.807) is 0 Å². The van der Waals surface area contributed by atoms with Crippen molar-refractivity contribution < 1.29 is 9.53 Å². The summed E-state index contributed by atoms with van der Waals surface area (Å²) in [6.07, 6.45) is 3.27. The second-order valence-corrected chi connectivity index (χ2v) is 3.82. The van der Waals surface area contributed by atoms with Crippen LogP contribution in [-0.2, 0) is 9.53 Å². The van der Waals surface area contributed by atoms with E-state index in [0.717, 1.165) is 12.5 Å². The first-order chi connectivity index (χ1) is 6.74. The van der Waals surface area contributed by atoms with Gasteiger partial charge in [0.1, 0.15) is 0 Å². The first-order valence-electron chi connectivity index (χ1n) is 5.35. The Hall–Kier alpha value is -0.610. The minimum atomic E-state index is -0.376. The molecule has 0 aromatic rings. The Morgan fingerprint density at radius 3 is 2.93 bits per heavy atom. The number of hydrogen-bond acceptors (Lipinski definition) is 3. The Kier molecular flexibility index (Phi) is 4.90. The molecule has 1 fully saturated rings. The molecule has 4 nitrogen and oxygen atoms in total. The van der Waals surface area contributed by atoms with Crippen LogP contribution < -0.4 is 11.1 Å². The highest BCUT2D eigenvalue weighted by Gasteiger charge is 2.20. The van der Waals surface area contributed by atoms with Gasteiger partial charge in [-0.3, -0.25) is 4.79 Å². The fraction of sp³-hybridized carbons (Fsp3) is 0.900. The standard InChI is InChI=1S/C10H20N2O2/c1-2-9(11)10(13)12-5-6-14-7-8-3-4-8/h8-9H,2-7,11H2,1H3,(H,12,13). The zero-order valence-electron chi connectivity index (χ0n) is 8.79. The molecular formula is C10H20N2O2. The van der Waals surface area contributed by atoms with E-state index in [2.05, 4.69) is 5.32 Å². The molecule has 1 atom stereocenters. The molecule has 0 spiro atoms. The third kappa shape index (κ3) is 4.58. The van der Waals surface area contributed by atoms with E-state index in [1.165, 1.54) is 12.8 Å². The summed E-state index contributed by atoms with van der Waals surface area (Å²) >= 11 is 0. The molecule has 1 saturated carbocycles. The maximum atomic E-state index is 11.2. The lowest BCUT2D eigenvalue weighted by Crippen LogP contribution is -2.41. The Morgan fingerprint density at radius 2 is 2.36 bits per heavy atom. The molecule has 0 radical (unpaired) electrons. The van der Waals surface area contributed by atoms with Gasteiger partial charge in [0.15, 0.2) is 0 Å². The number of ether oxygens (including phenoxy) is 1. The van der Waals surface area contributed by atoms with Crippen molar-refractivity contribution in [3.8, 4) is 0 Å². The summed E-state index contributed by atoms with van der Waals surface area (Å²) < 4.78 is 5.37. The van der Waals surface area contributed by atoms with Crippen molar-refractivity contribution in [2.45, 2.75) is 32.2 Å². The summed E-state index contributed by atoms with van der Waals surface area (Å²) in [6.45, 7) is 3.90. The molecule has 0 saturated heterocycles. The quantitative estimate of drug-likeness (QED) is 0.580. The Bertz CT molecular complexity index is 181. The van der Waals surface area contributed by atoms with Gasteiger partial charge in [0.25, 0.3) is 0 Å². The van der Waals surface area contributed by atoms with Crippen LogP contribution >= 0.6 is 0 Å². The molecule has 82 valence electrons. The lowest BCUT2D eigenvalue weighted by atomic mass is 10.2. The second-order valence-electron chi connectivity index (χ2n) is 3.82. The van der Waals surface area contributed by atoms with E-state index < -0.39 is 0 Å². The number of rotatable bonds is 7. The SMILES string of the molecule is CCC(N)C(=O)NCCOCC1CC1. The molecule has 0 aliphatic heterocycles. The smallest absolute Gasteiger partial charge is 0.236 e. The van der Waals surface area contributed by atoms with Gasteiger partial charge in [-0.1, -0.05) is 6.92 Å². The van der Waals surface area contributed by atoms with E-state index in [1.807, 2.05) is 6.92 Å². The van der Waals surface area contributed by atoms with Crippen LogP contribution in [0.15, 0.2) is 0 Å². The largest absolute Gasteiger partial charge is 0.379 e. The summed E-state index contributed by atoms with van der Waals surface area (Å²) in [5.41, 5.74) is 5.54. The highest BCUT2D eigenvalue weighted by Crippen LogP contribution is 2.28. The van der Waals surface area contributed by atoms with Gasteiger partial charge in [-0.25, -0.2) is 0 Å². The van der Waals surface area contributed by atoms with Crippen molar-refractivity contribution in [3.63, 3.8) is 0 Å². The van der Waals surface area contributed by atoms with Crippen LogP contribution in [0.25, 0.3) is 0 Å². The normalized spacial score (nSPS) is 17.9. The first kappa shape index (κ1) is 11.5. The summed E-state index contributed by atoms with van der Waals surface area (Å²) in [5, 5.41) is 2.74. The zero-order valence-corrected chi connectivity index (χ0v) is 8.79. The van der Waals surface area contributed by atoms with Gasteiger partial charge in [0.2, 0.25) is 5.91 Å². The minimum Gasteiger partial charge on any atom is -0.379 e. The first-order valence-corrected chi connectivity index (χ1v) is 5.35. The summed E-state index contributed by atoms with van der Waals surface area (Å²) in [4.78, 5) is 11.2. The fourth-order valence-electron chi connectivity index (χ4n) is 1.10. The lowest BCUT2D eigenvalue weighted by Gasteiger charge is -2.09. The molecule has 1 unspecified atom stereocenters. The Morgan fingerprint density at radius 1 is 1.64 bits per heavy atom. The van der Waals surface area contributed by atoms with Gasteiger partial charge < -0.3 is 15.8 Å². The molecule has 1 amide bonds. The molecule has 4 heteroatoms. The van der Waals surface area contributed by atoms with Crippen molar-refractivity contribution in [2.75, 3.05) is 19.8 Å². The molecule has 0 aromatic carbocycles. The summed E-state index contributed by atoms with van der Waals surface area (Å²) in [6, 6.07) is -0.376. The highest BCUT2D eigenvalue weighted by atomic mass is 16.5. The van der Waals surface area contributed by atoms with Gasteiger partial charge in [0, 0.05) is 13.2 Å². The highest BCUT2D eigenvalue weighted by molar-refractivity contribution is 5.81. The van der Waals surface area contributed by atoms with E-state index in [4.69, 9.17) is 10.5 Å². The van der Waals surface area contributed by atoms with Gasteiger partial charge in [-0.05, 0) is 25.2 Å². The molecule has 3 N–H and O–H groups in total. The Balaban J connectivity index is 1.88. The van der Waals surface area contributed by atoms with Crippen LogP contribution in [0.3, 0.4) is 0 Å². The molecule has 1 aliphatic carbocycles. The topological polar surface area (TPSA) is 64.4 Å². The van der Waals surface area contributed by atoms with Crippen molar-refractivity contribution >= 4 is 5.91 Å². The number of hydrogen-bond donors (Lipinski definition) is 2. The van der Waals surface area contributed by atoms with Gasteiger partial charge in [0.05, 0.1) is 12.6 Å². The van der Waals surface area contributed by atoms with Gasteiger partial charge in [-0.2, -0.15) is 0 Å². The van der Waals surface area contributed by atoms with Gasteiger partial charge in [-0.15, -0.1) is 0 Å². The molecule has 1 aliphatic rings. The predicted molar refractivity (Wildman–Crippen MR) is 54.8 cm³/mol. The summed E-state index contributed by atoms with van der Waals surface area (Å²) in [7, 11) is 0. The molecule has 14 heavy (non-hydrogen) atoms. The molecule has 0 bridgehead atoms. The second kappa shape index (κ2) is 5.98. The number of nitrogens with one attached hydrogen (secondary N) is 1. The molecule has 0 aromatic heterocycles.